The fraction of sp³-hybridized carbons (Fsp3) is 0.600. The Morgan fingerprint density at radius 3 is 2.28 bits per heavy atom. The fourth-order valence-electron chi connectivity index (χ4n) is 3.39. The van der Waals surface area contributed by atoms with Crippen LogP contribution in [-0.2, 0) is 14.3 Å². The average Bonchev–Trinajstić information content (AvgIpc) is 2.75. The van der Waals surface area contributed by atoms with E-state index in [2.05, 4.69) is 0 Å². The predicted molar refractivity (Wildman–Crippen MR) is 66.7 cm³/mol. The van der Waals surface area contributed by atoms with E-state index in [1.807, 2.05) is 38.2 Å². The summed E-state index contributed by atoms with van der Waals surface area (Å²) in [5.74, 6) is -0.182. The van der Waals surface area contributed by atoms with E-state index in [0.29, 0.717) is 12.8 Å². The summed E-state index contributed by atoms with van der Waals surface area (Å²) < 4.78 is 5.65. The van der Waals surface area contributed by atoms with Crippen LogP contribution in [0.3, 0.4) is 0 Å². The van der Waals surface area contributed by atoms with Gasteiger partial charge in [-0.05, 0) is 26.7 Å². The summed E-state index contributed by atoms with van der Waals surface area (Å²) in [6, 6.07) is 0. The van der Waals surface area contributed by atoms with E-state index >= 15 is 0 Å². The number of hydrogen-bond donors (Lipinski definition) is 0. The number of cyclic esters (lactones) is 1. The maximum atomic E-state index is 12.7. The quantitative estimate of drug-likeness (QED) is 0.527. The first-order valence-electron chi connectivity index (χ1n) is 6.59. The molecule has 0 radical (unpaired) electrons. The summed E-state index contributed by atoms with van der Waals surface area (Å²) in [6.45, 7) is 3.82. The molecule has 3 rings (SSSR count). The molecule has 18 heavy (non-hydrogen) atoms. The summed E-state index contributed by atoms with van der Waals surface area (Å²) >= 11 is 0. The van der Waals surface area contributed by atoms with Crippen LogP contribution in [0.1, 0.15) is 33.1 Å². The van der Waals surface area contributed by atoms with Crippen molar-refractivity contribution in [3.63, 3.8) is 0 Å². The maximum Gasteiger partial charge on any atom is 0.319 e. The number of hydrogen-bond acceptors (Lipinski definition) is 3. The number of rotatable bonds is 1. The van der Waals surface area contributed by atoms with Gasteiger partial charge >= 0.3 is 5.97 Å². The largest absolute Gasteiger partial charge is 0.460 e. The third-order valence-corrected chi connectivity index (χ3v) is 4.69. The number of carbonyl (C=O) groups is 2. The van der Waals surface area contributed by atoms with Crippen LogP contribution in [0.4, 0.5) is 0 Å². The van der Waals surface area contributed by atoms with Crippen molar-refractivity contribution >= 4 is 11.8 Å². The van der Waals surface area contributed by atoms with Crippen molar-refractivity contribution in [1.29, 1.82) is 0 Å². The molecule has 3 nitrogen and oxygen atoms in total. The Hall–Kier alpha value is -1.38. The number of carbonyl (C=O) groups excluding carboxylic acids is 2. The van der Waals surface area contributed by atoms with Gasteiger partial charge in [0.25, 0.3) is 0 Å². The first kappa shape index (κ1) is 11.7. The van der Waals surface area contributed by atoms with Crippen LogP contribution in [0.5, 0.6) is 0 Å². The highest BCUT2D eigenvalue weighted by Gasteiger charge is 2.63. The van der Waals surface area contributed by atoms with Crippen molar-refractivity contribution < 1.29 is 14.3 Å². The highest BCUT2D eigenvalue weighted by molar-refractivity contribution is 6.09. The van der Waals surface area contributed by atoms with E-state index in [0.717, 1.165) is 6.42 Å². The van der Waals surface area contributed by atoms with Gasteiger partial charge in [0, 0.05) is 5.92 Å². The molecule has 96 valence electrons. The van der Waals surface area contributed by atoms with Crippen LogP contribution >= 0.6 is 0 Å². The van der Waals surface area contributed by atoms with E-state index in [9.17, 15) is 9.59 Å². The molecular weight excluding hydrogens is 228 g/mol. The maximum absolute atomic E-state index is 12.7. The first-order valence-corrected chi connectivity index (χ1v) is 6.59. The third-order valence-electron chi connectivity index (χ3n) is 4.69. The zero-order chi connectivity index (χ0) is 13.0. The van der Waals surface area contributed by atoms with Crippen LogP contribution in [0.15, 0.2) is 24.3 Å². The molecule has 3 heteroatoms. The number of ether oxygens (including phenoxy) is 1. The zero-order valence-corrected chi connectivity index (χ0v) is 10.8. The predicted octanol–water partition coefficient (Wildman–Crippen LogP) is 2.42. The van der Waals surface area contributed by atoms with Crippen molar-refractivity contribution in [2.45, 2.75) is 39.2 Å². The molecular formula is C15H18O3. The summed E-state index contributed by atoms with van der Waals surface area (Å²) in [5, 5.41) is 0. The lowest BCUT2D eigenvalue weighted by atomic mass is 9.56. The fourth-order valence-corrected chi connectivity index (χ4v) is 3.39. The number of ketones is 1. The second kappa shape index (κ2) is 3.56. The summed E-state index contributed by atoms with van der Waals surface area (Å²) in [5.41, 5.74) is -1.41. The SMILES string of the molecule is CC1(C)C(=O)C2(CCC2)C(=O)OC1C1C=CC=C1. The lowest BCUT2D eigenvalue weighted by Crippen LogP contribution is -2.62. The van der Waals surface area contributed by atoms with Gasteiger partial charge in [0.1, 0.15) is 11.5 Å². The molecule has 0 amide bonds. The molecule has 0 aromatic rings. The summed E-state index contributed by atoms with van der Waals surface area (Å²) in [6.07, 6.45) is 9.77. The molecule has 1 spiro atoms. The Kier molecular flexibility index (Phi) is 2.31. The standard InChI is InChI=1S/C15H18O3/c1-14(2)11(10-6-3-4-7-10)18-13(17)15(12(14)16)8-5-9-15/h3-4,6-7,10-11H,5,8-9H2,1-2H3. The normalized spacial score (nSPS) is 32.7. The Balaban J connectivity index is 1.95. The van der Waals surface area contributed by atoms with Crippen molar-refractivity contribution in [3.05, 3.63) is 24.3 Å². The third kappa shape index (κ3) is 1.30. The number of Topliss-reactive ketones (excluding diaryl/α,β-unsaturated/α-hetero) is 1. The minimum absolute atomic E-state index is 0.0327. The molecule has 1 atom stereocenters. The van der Waals surface area contributed by atoms with Gasteiger partial charge in [-0.15, -0.1) is 0 Å². The Morgan fingerprint density at radius 2 is 1.78 bits per heavy atom. The molecule has 0 N–H and O–H groups in total. The molecule has 1 saturated heterocycles. The van der Waals surface area contributed by atoms with E-state index in [1.165, 1.54) is 0 Å². The number of allylic oxidation sites excluding steroid dienone is 2. The number of esters is 1. The van der Waals surface area contributed by atoms with Gasteiger partial charge in [-0.25, -0.2) is 0 Å². The van der Waals surface area contributed by atoms with Crippen LogP contribution in [0.25, 0.3) is 0 Å². The molecule has 3 aliphatic rings. The van der Waals surface area contributed by atoms with Gasteiger partial charge in [0.05, 0.1) is 5.41 Å². The minimum atomic E-state index is -0.813. The molecule has 1 unspecified atom stereocenters. The Labute approximate surface area is 107 Å². The van der Waals surface area contributed by atoms with Crippen LogP contribution < -0.4 is 0 Å². The van der Waals surface area contributed by atoms with Gasteiger partial charge in [-0.1, -0.05) is 30.7 Å². The second-order valence-corrected chi connectivity index (χ2v) is 6.16. The molecule has 1 saturated carbocycles. The van der Waals surface area contributed by atoms with E-state index < -0.39 is 10.8 Å². The first-order chi connectivity index (χ1) is 8.48. The highest BCUT2D eigenvalue weighted by atomic mass is 16.5. The zero-order valence-electron chi connectivity index (χ0n) is 10.8. The molecule has 0 aromatic carbocycles. The Bertz CT molecular complexity index is 454. The van der Waals surface area contributed by atoms with Gasteiger partial charge in [0.2, 0.25) is 0 Å². The summed E-state index contributed by atoms with van der Waals surface area (Å²) in [4.78, 5) is 24.9. The van der Waals surface area contributed by atoms with Crippen molar-refractivity contribution in [2.24, 2.45) is 16.7 Å². The molecule has 2 aliphatic carbocycles. The second-order valence-electron chi connectivity index (χ2n) is 6.16. The molecule has 0 bridgehead atoms. The highest BCUT2D eigenvalue weighted by Crippen LogP contribution is 2.53. The van der Waals surface area contributed by atoms with E-state index in [4.69, 9.17) is 4.74 Å². The van der Waals surface area contributed by atoms with Gasteiger partial charge in [-0.2, -0.15) is 0 Å². The lowest BCUT2D eigenvalue weighted by molar-refractivity contribution is -0.197. The van der Waals surface area contributed by atoms with Crippen molar-refractivity contribution in [1.82, 2.24) is 0 Å². The van der Waals surface area contributed by atoms with Crippen molar-refractivity contribution in [2.75, 3.05) is 0 Å². The molecule has 2 fully saturated rings. The van der Waals surface area contributed by atoms with Crippen LogP contribution in [0.2, 0.25) is 0 Å². The summed E-state index contributed by atoms with van der Waals surface area (Å²) in [7, 11) is 0. The topological polar surface area (TPSA) is 43.4 Å². The van der Waals surface area contributed by atoms with Crippen LogP contribution in [-0.4, -0.2) is 17.9 Å². The van der Waals surface area contributed by atoms with Gasteiger partial charge < -0.3 is 4.74 Å². The van der Waals surface area contributed by atoms with E-state index in [1.54, 1.807) is 0 Å². The average molecular weight is 246 g/mol. The van der Waals surface area contributed by atoms with Crippen LogP contribution in [0, 0.1) is 16.7 Å². The Morgan fingerprint density at radius 1 is 1.17 bits per heavy atom. The molecule has 0 aromatic heterocycles. The van der Waals surface area contributed by atoms with Gasteiger partial charge in [-0.3, -0.25) is 9.59 Å². The monoisotopic (exact) mass is 246 g/mol. The molecule has 1 aliphatic heterocycles. The van der Waals surface area contributed by atoms with E-state index in [-0.39, 0.29) is 23.8 Å². The molecule has 1 heterocycles. The minimum Gasteiger partial charge on any atom is -0.460 e. The lowest BCUT2D eigenvalue weighted by Gasteiger charge is -2.50. The van der Waals surface area contributed by atoms with Gasteiger partial charge in [0.15, 0.2) is 5.78 Å². The smallest absolute Gasteiger partial charge is 0.319 e. The van der Waals surface area contributed by atoms with Crippen molar-refractivity contribution in [3.8, 4) is 0 Å².